The van der Waals surface area contributed by atoms with Crippen molar-refractivity contribution in [1.82, 2.24) is 5.32 Å². The summed E-state index contributed by atoms with van der Waals surface area (Å²) in [6.07, 6.45) is -4.58. The van der Waals surface area contributed by atoms with Crippen molar-refractivity contribution in [1.29, 1.82) is 0 Å². The van der Waals surface area contributed by atoms with Crippen molar-refractivity contribution in [2.75, 3.05) is 6.61 Å². The van der Waals surface area contributed by atoms with Gasteiger partial charge in [0.1, 0.15) is 24.4 Å². The number of amides is 1. The lowest BCUT2D eigenvalue weighted by atomic mass is 9.97. The van der Waals surface area contributed by atoms with Crippen molar-refractivity contribution in [2.45, 2.75) is 57.5 Å². The minimum Gasteiger partial charge on any atom is -0.394 e. The summed E-state index contributed by atoms with van der Waals surface area (Å²) in [4.78, 5) is 11.1. The molecule has 1 aliphatic rings. The Morgan fingerprint density at radius 3 is 2.44 bits per heavy atom. The Morgan fingerprint density at radius 1 is 1.39 bits per heavy atom. The quantitative estimate of drug-likeness (QED) is 0.484. The van der Waals surface area contributed by atoms with E-state index in [1.807, 2.05) is 0 Å². The molecule has 7 nitrogen and oxygen atoms in total. The van der Waals surface area contributed by atoms with Crippen molar-refractivity contribution >= 4 is 5.91 Å². The summed E-state index contributed by atoms with van der Waals surface area (Å²) in [7, 11) is 0. The molecule has 0 aromatic carbocycles. The third kappa shape index (κ3) is 3.63. The van der Waals surface area contributed by atoms with Crippen LogP contribution in [0, 0.1) is 0 Å². The van der Waals surface area contributed by atoms with Gasteiger partial charge < -0.3 is 30.1 Å². The number of hydrogen-bond acceptors (Lipinski definition) is 6. The number of carbonyl (C=O) groups is 1. The number of hydrogen-bond donors (Lipinski definition) is 4. The summed E-state index contributed by atoms with van der Waals surface area (Å²) in [6, 6.07) is -0.873. The average Bonchev–Trinajstić information content (AvgIpc) is 2.27. The fourth-order valence-corrected chi connectivity index (χ4v) is 1.85. The largest absolute Gasteiger partial charge is 0.394 e. The second-order valence-corrected chi connectivity index (χ2v) is 4.62. The average molecular weight is 263 g/mol. The first kappa shape index (κ1) is 15.3. The summed E-state index contributed by atoms with van der Waals surface area (Å²) in [6.45, 7) is 4.41. The van der Waals surface area contributed by atoms with Crippen LogP contribution in [0.15, 0.2) is 0 Å². The molecular formula is C11H21NO6. The van der Waals surface area contributed by atoms with Crippen molar-refractivity contribution in [3.05, 3.63) is 0 Å². The lowest BCUT2D eigenvalue weighted by Gasteiger charge is -2.42. The Bertz CT molecular complexity index is 285. The summed E-state index contributed by atoms with van der Waals surface area (Å²) in [5, 5.41) is 31.2. The molecule has 18 heavy (non-hydrogen) atoms. The lowest BCUT2D eigenvalue weighted by molar-refractivity contribution is -0.278. The van der Waals surface area contributed by atoms with E-state index < -0.39 is 37.3 Å². The van der Waals surface area contributed by atoms with Crippen LogP contribution < -0.4 is 5.32 Å². The Morgan fingerprint density at radius 2 is 2.00 bits per heavy atom. The van der Waals surface area contributed by atoms with Crippen LogP contribution >= 0.6 is 0 Å². The molecule has 1 fully saturated rings. The molecule has 5 atom stereocenters. The van der Waals surface area contributed by atoms with E-state index in [2.05, 4.69) is 5.32 Å². The monoisotopic (exact) mass is 263 g/mol. The molecule has 0 bridgehead atoms. The van der Waals surface area contributed by atoms with Gasteiger partial charge in [-0.1, -0.05) is 0 Å². The molecule has 7 heteroatoms. The van der Waals surface area contributed by atoms with E-state index in [1.165, 1.54) is 6.92 Å². The molecule has 1 rings (SSSR count). The van der Waals surface area contributed by atoms with Gasteiger partial charge in [-0.05, 0) is 13.8 Å². The van der Waals surface area contributed by atoms with Crippen LogP contribution in [0.4, 0.5) is 0 Å². The van der Waals surface area contributed by atoms with E-state index in [0.29, 0.717) is 0 Å². The van der Waals surface area contributed by atoms with Crippen molar-refractivity contribution in [3.8, 4) is 0 Å². The maximum absolute atomic E-state index is 11.1. The molecule has 106 valence electrons. The molecule has 0 radical (unpaired) electrons. The van der Waals surface area contributed by atoms with Crippen LogP contribution in [0.2, 0.25) is 0 Å². The second-order valence-electron chi connectivity index (χ2n) is 4.62. The summed E-state index contributed by atoms with van der Waals surface area (Å²) < 4.78 is 10.8. The number of carbonyl (C=O) groups excluding carboxylic acids is 1. The number of aliphatic hydroxyl groups excluding tert-OH is 3. The molecule has 0 aromatic rings. The Kier molecular flexibility index (Phi) is 5.48. The van der Waals surface area contributed by atoms with E-state index in [9.17, 15) is 15.0 Å². The summed E-state index contributed by atoms with van der Waals surface area (Å²) >= 11 is 0. The van der Waals surface area contributed by atoms with Crippen LogP contribution in [0.25, 0.3) is 0 Å². The van der Waals surface area contributed by atoms with Gasteiger partial charge in [-0.3, -0.25) is 4.79 Å². The maximum atomic E-state index is 11.1. The molecule has 1 amide bonds. The predicted octanol–water partition coefficient (Wildman–Crippen LogP) is -1.64. The summed E-state index contributed by atoms with van der Waals surface area (Å²) in [5.41, 5.74) is 0. The lowest BCUT2D eigenvalue weighted by Crippen LogP contribution is -2.64. The zero-order valence-electron chi connectivity index (χ0n) is 10.7. The molecular weight excluding hydrogens is 242 g/mol. The molecule has 1 heterocycles. The molecule has 1 saturated heterocycles. The molecule has 1 aliphatic heterocycles. The van der Waals surface area contributed by atoms with E-state index >= 15 is 0 Å². The highest BCUT2D eigenvalue weighted by Gasteiger charge is 2.45. The fraction of sp³-hybridized carbons (Fsp3) is 0.909. The van der Waals surface area contributed by atoms with Gasteiger partial charge in [0.15, 0.2) is 6.29 Å². The zero-order chi connectivity index (χ0) is 13.9. The summed E-state index contributed by atoms with van der Waals surface area (Å²) in [5.74, 6) is -0.366. The molecule has 0 saturated carbocycles. The van der Waals surface area contributed by atoms with Gasteiger partial charge in [-0.15, -0.1) is 0 Å². The standard InChI is InChI=1S/C11H21NO6/c1-5(2)17-11-8(12-6(3)14)10(16)9(15)7(4-13)18-11/h5,7-11,13,15-16H,4H2,1-3H3,(H,12,14)/t7?,8?,9-,10+,11+/m0/s1. The topological polar surface area (TPSA) is 108 Å². The highest BCUT2D eigenvalue weighted by molar-refractivity contribution is 5.73. The predicted molar refractivity (Wildman–Crippen MR) is 61.6 cm³/mol. The first-order valence-corrected chi connectivity index (χ1v) is 5.91. The van der Waals surface area contributed by atoms with Gasteiger partial charge in [0.25, 0.3) is 0 Å². The number of ether oxygens (including phenoxy) is 2. The Balaban J connectivity index is 2.83. The minimum absolute atomic E-state index is 0.187. The number of nitrogens with one attached hydrogen (secondary N) is 1. The Hall–Kier alpha value is -0.730. The fourth-order valence-electron chi connectivity index (χ4n) is 1.85. The maximum Gasteiger partial charge on any atom is 0.217 e. The third-order valence-electron chi connectivity index (χ3n) is 2.66. The number of rotatable bonds is 4. The van der Waals surface area contributed by atoms with Gasteiger partial charge in [-0.2, -0.15) is 0 Å². The van der Waals surface area contributed by atoms with Crippen LogP contribution in [-0.2, 0) is 14.3 Å². The van der Waals surface area contributed by atoms with Crippen LogP contribution in [-0.4, -0.2) is 64.6 Å². The zero-order valence-corrected chi connectivity index (χ0v) is 10.7. The van der Waals surface area contributed by atoms with Gasteiger partial charge in [0.05, 0.1) is 12.7 Å². The molecule has 0 aliphatic carbocycles. The number of aliphatic hydroxyl groups is 3. The molecule has 0 aromatic heterocycles. The highest BCUT2D eigenvalue weighted by atomic mass is 16.7. The van der Waals surface area contributed by atoms with E-state index in [4.69, 9.17) is 14.6 Å². The van der Waals surface area contributed by atoms with Gasteiger partial charge in [-0.25, -0.2) is 0 Å². The normalized spacial score (nSPS) is 36.7. The molecule has 2 unspecified atom stereocenters. The second kappa shape index (κ2) is 6.44. The minimum atomic E-state index is -1.28. The first-order valence-electron chi connectivity index (χ1n) is 5.91. The van der Waals surface area contributed by atoms with E-state index in [0.717, 1.165) is 0 Å². The van der Waals surface area contributed by atoms with Gasteiger partial charge >= 0.3 is 0 Å². The van der Waals surface area contributed by atoms with Crippen LogP contribution in [0.5, 0.6) is 0 Å². The SMILES string of the molecule is CC(=O)NC1[C@H](OC(C)C)OC(CO)[C@H](O)[C@@H]1O. The van der Waals surface area contributed by atoms with Crippen molar-refractivity contribution in [2.24, 2.45) is 0 Å². The van der Waals surface area contributed by atoms with Gasteiger partial charge in [0, 0.05) is 6.92 Å². The van der Waals surface area contributed by atoms with E-state index in [1.54, 1.807) is 13.8 Å². The highest BCUT2D eigenvalue weighted by Crippen LogP contribution is 2.22. The third-order valence-corrected chi connectivity index (χ3v) is 2.66. The van der Waals surface area contributed by atoms with E-state index in [-0.39, 0.29) is 12.0 Å². The van der Waals surface area contributed by atoms with Crippen LogP contribution in [0.3, 0.4) is 0 Å². The Labute approximate surface area is 106 Å². The van der Waals surface area contributed by atoms with Crippen molar-refractivity contribution < 1.29 is 29.6 Å². The van der Waals surface area contributed by atoms with Crippen LogP contribution in [0.1, 0.15) is 20.8 Å². The molecule has 0 spiro atoms. The molecule has 4 N–H and O–H groups in total. The first-order chi connectivity index (χ1) is 8.36. The smallest absolute Gasteiger partial charge is 0.217 e. The van der Waals surface area contributed by atoms with Gasteiger partial charge in [0.2, 0.25) is 5.91 Å². The van der Waals surface area contributed by atoms with Crippen molar-refractivity contribution in [3.63, 3.8) is 0 Å².